The Morgan fingerprint density at radius 3 is 2.76 bits per heavy atom. The van der Waals surface area contributed by atoms with Gasteiger partial charge in [-0.15, -0.1) is 0 Å². The number of aliphatic hydroxyl groups excluding tert-OH is 1. The molecule has 2 aliphatic rings. The average Bonchev–Trinajstić information content (AvgIpc) is 3.53. The van der Waals surface area contributed by atoms with Gasteiger partial charge < -0.3 is 24.7 Å². The van der Waals surface area contributed by atoms with Crippen LogP contribution in [0.4, 0.5) is 16.4 Å². The maximum Gasteiger partial charge on any atom is 0.345 e. The molecule has 3 aromatic rings. The number of likely N-dealkylation sites (N-methyl/N-ethyl adjacent to an activating group) is 1. The fourth-order valence-corrected chi connectivity index (χ4v) is 3.92. The molecular formula is C22H25N7O5. The number of rotatable bonds is 7. The molecule has 1 unspecified atom stereocenters. The summed E-state index contributed by atoms with van der Waals surface area (Å²) in [4.78, 5) is 40.3. The van der Waals surface area contributed by atoms with E-state index in [2.05, 4.69) is 15.0 Å². The molecule has 1 aliphatic heterocycles. The number of esters is 1. The van der Waals surface area contributed by atoms with Gasteiger partial charge >= 0.3 is 12.0 Å². The first kappa shape index (κ1) is 21.9. The van der Waals surface area contributed by atoms with E-state index in [9.17, 15) is 14.7 Å². The van der Waals surface area contributed by atoms with E-state index in [0.29, 0.717) is 22.9 Å². The molecule has 178 valence electrons. The number of carbonyl (C=O) groups is 2. The molecular weight excluding hydrogens is 442 g/mol. The molecule has 34 heavy (non-hydrogen) atoms. The van der Waals surface area contributed by atoms with E-state index in [1.807, 2.05) is 16.7 Å². The summed E-state index contributed by atoms with van der Waals surface area (Å²) >= 11 is 0. The molecule has 1 aliphatic carbocycles. The van der Waals surface area contributed by atoms with Gasteiger partial charge in [-0.05, 0) is 37.3 Å². The van der Waals surface area contributed by atoms with Crippen molar-refractivity contribution < 1.29 is 24.2 Å². The molecule has 12 nitrogen and oxygen atoms in total. The van der Waals surface area contributed by atoms with Crippen molar-refractivity contribution in [3.05, 3.63) is 41.5 Å². The normalized spacial score (nSPS) is 18.1. The summed E-state index contributed by atoms with van der Waals surface area (Å²) < 4.78 is 12.7. The quantitative estimate of drug-likeness (QED) is 0.493. The summed E-state index contributed by atoms with van der Waals surface area (Å²) in [6.07, 6.45) is 6.37. The van der Waals surface area contributed by atoms with Gasteiger partial charge in [0, 0.05) is 19.4 Å². The van der Waals surface area contributed by atoms with Gasteiger partial charge in [0.25, 0.3) is 0 Å². The van der Waals surface area contributed by atoms with Crippen LogP contribution in [-0.4, -0.2) is 67.8 Å². The third kappa shape index (κ3) is 3.96. The van der Waals surface area contributed by atoms with E-state index >= 15 is 0 Å². The minimum atomic E-state index is -0.889. The molecule has 12 heteroatoms. The zero-order valence-corrected chi connectivity index (χ0v) is 18.8. The summed E-state index contributed by atoms with van der Waals surface area (Å²) in [5, 5.41) is 10.2. The maximum absolute atomic E-state index is 12.7. The van der Waals surface area contributed by atoms with Gasteiger partial charge in [-0.3, -0.25) is 9.80 Å². The van der Waals surface area contributed by atoms with Crippen LogP contribution in [0.15, 0.2) is 24.7 Å². The van der Waals surface area contributed by atoms with Crippen LogP contribution in [0.1, 0.15) is 47.3 Å². The van der Waals surface area contributed by atoms with Crippen LogP contribution in [0.25, 0.3) is 5.65 Å². The van der Waals surface area contributed by atoms with Gasteiger partial charge in [0.2, 0.25) is 11.8 Å². The van der Waals surface area contributed by atoms with Gasteiger partial charge in [0.15, 0.2) is 5.65 Å². The van der Waals surface area contributed by atoms with Crippen LogP contribution in [0.3, 0.4) is 0 Å². The van der Waals surface area contributed by atoms with E-state index in [4.69, 9.17) is 15.2 Å². The van der Waals surface area contributed by atoms with Gasteiger partial charge in [-0.1, -0.05) is 0 Å². The molecule has 1 saturated heterocycles. The first-order valence-corrected chi connectivity index (χ1v) is 11.0. The first-order chi connectivity index (χ1) is 16.4. The number of aromatic nitrogens is 4. The molecule has 2 fully saturated rings. The summed E-state index contributed by atoms with van der Waals surface area (Å²) in [6, 6.07) is 1.68. The number of pyridine rings is 1. The lowest BCUT2D eigenvalue weighted by Gasteiger charge is -2.17. The predicted octanol–water partition coefficient (Wildman–Crippen LogP) is 1.53. The second kappa shape index (κ2) is 8.45. The number of fused-ring (bicyclic) bond motifs is 1. The third-order valence-corrected chi connectivity index (χ3v) is 5.89. The van der Waals surface area contributed by atoms with Gasteiger partial charge in [-0.25, -0.2) is 19.6 Å². The Hall–Kier alpha value is -3.93. The summed E-state index contributed by atoms with van der Waals surface area (Å²) in [5.74, 6) is -0.202. The fraction of sp³-hybridized carbons (Fsp3) is 0.409. The monoisotopic (exact) mass is 467 g/mol. The minimum absolute atomic E-state index is 0.000779. The molecule has 3 aromatic heterocycles. The van der Waals surface area contributed by atoms with E-state index < -0.39 is 12.2 Å². The predicted molar refractivity (Wildman–Crippen MR) is 120 cm³/mol. The van der Waals surface area contributed by atoms with Crippen molar-refractivity contribution in [1.82, 2.24) is 24.3 Å². The highest BCUT2D eigenvalue weighted by atomic mass is 16.5. The molecule has 4 heterocycles. The van der Waals surface area contributed by atoms with E-state index in [-0.39, 0.29) is 43.2 Å². The van der Waals surface area contributed by atoms with Crippen LogP contribution in [0.5, 0.6) is 5.88 Å². The summed E-state index contributed by atoms with van der Waals surface area (Å²) in [5.41, 5.74) is 8.59. The SMILES string of the molecule is CCOC(=O)c1cnc(N)nc1OCc1cn2cc(C3CC3)cc(N3CC(O)N(C)C3=O)c2n1. The van der Waals surface area contributed by atoms with E-state index in [0.717, 1.165) is 18.4 Å². The van der Waals surface area contributed by atoms with Crippen molar-refractivity contribution in [2.75, 3.05) is 30.8 Å². The number of imidazole rings is 1. The van der Waals surface area contributed by atoms with Crippen molar-refractivity contribution in [1.29, 1.82) is 0 Å². The molecule has 0 aromatic carbocycles. The molecule has 0 spiro atoms. The van der Waals surface area contributed by atoms with Crippen LogP contribution < -0.4 is 15.4 Å². The molecule has 5 rings (SSSR count). The summed E-state index contributed by atoms with van der Waals surface area (Å²) in [6.45, 7) is 2.04. The number of nitrogens with zero attached hydrogens (tertiary/aromatic N) is 6. The largest absolute Gasteiger partial charge is 0.470 e. The number of β-amino-alcohol motifs (C(OH)–C–C–N with tert-alkyl or cyclic N) is 1. The van der Waals surface area contributed by atoms with Crippen molar-refractivity contribution in [3.63, 3.8) is 0 Å². The second-order valence-electron chi connectivity index (χ2n) is 8.34. The van der Waals surface area contributed by atoms with Crippen molar-refractivity contribution in [3.8, 4) is 5.88 Å². The number of carbonyl (C=O) groups excluding carboxylic acids is 2. The molecule has 3 N–H and O–H groups in total. The molecule has 1 saturated carbocycles. The first-order valence-electron chi connectivity index (χ1n) is 11.0. The number of ether oxygens (including phenoxy) is 2. The number of urea groups is 1. The molecule has 2 amide bonds. The van der Waals surface area contributed by atoms with Crippen LogP contribution in [0.2, 0.25) is 0 Å². The highest BCUT2D eigenvalue weighted by molar-refractivity contribution is 5.98. The number of nitrogen functional groups attached to an aromatic ring is 1. The van der Waals surface area contributed by atoms with Crippen LogP contribution in [-0.2, 0) is 11.3 Å². The Morgan fingerprint density at radius 1 is 1.29 bits per heavy atom. The van der Waals surface area contributed by atoms with Crippen LogP contribution in [0, 0.1) is 0 Å². The lowest BCUT2D eigenvalue weighted by Crippen LogP contribution is -2.31. The average molecular weight is 467 g/mol. The Kier molecular flexibility index (Phi) is 5.44. The Labute approximate surface area is 194 Å². The van der Waals surface area contributed by atoms with Gasteiger partial charge in [0.05, 0.1) is 30.7 Å². The van der Waals surface area contributed by atoms with Crippen molar-refractivity contribution >= 4 is 29.3 Å². The maximum atomic E-state index is 12.7. The topological polar surface area (TPSA) is 148 Å². The Balaban J connectivity index is 1.47. The summed E-state index contributed by atoms with van der Waals surface area (Å²) in [7, 11) is 1.56. The van der Waals surface area contributed by atoms with Gasteiger partial charge in [0.1, 0.15) is 18.4 Å². The van der Waals surface area contributed by atoms with Crippen molar-refractivity contribution in [2.45, 2.75) is 38.5 Å². The number of aliphatic hydroxyl groups is 1. The Bertz CT molecular complexity index is 1270. The fourth-order valence-electron chi connectivity index (χ4n) is 3.92. The zero-order chi connectivity index (χ0) is 24.0. The van der Waals surface area contributed by atoms with E-state index in [1.54, 1.807) is 20.2 Å². The minimum Gasteiger partial charge on any atom is -0.470 e. The smallest absolute Gasteiger partial charge is 0.345 e. The number of hydrogen-bond acceptors (Lipinski definition) is 9. The highest BCUT2D eigenvalue weighted by Gasteiger charge is 2.36. The zero-order valence-electron chi connectivity index (χ0n) is 18.8. The lowest BCUT2D eigenvalue weighted by atomic mass is 10.1. The molecule has 1 atom stereocenters. The Morgan fingerprint density at radius 2 is 2.09 bits per heavy atom. The number of nitrogens with two attached hydrogens (primary N) is 1. The van der Waals surface area contributed by atoms with E-state index in [1.165, 1.54) is 16.0 Å². The number of hydrogen-bond donors (Lipinski definition) is 2. The molecule has 0 bridgehead atoms. The molecule has 0 radical (unpaired) electrons. The standard InChI is InChI=1S/C22H25N7O5/c1-3-33-20(31)15-7-24-21(23)26-19(15)34-11-14-9-28-8-13(12-4-5-12)6-16(18(28)25-14)29-10-17(30)27(2)22(29)32/h6-9,12,17,30H,3-5,10-11H2,1-2H3,(H2,23,24,26). The highest BCUT2D eigenvalue weighted by Crippen LogP contribution is 2.42. The van der Waals surface area contributed by atoms with Crippen molar-refractivity contribution in [2.24, 2.45) is 0 Å². The lowest BCUT2D eigenvalue weighted by molar-refractivity contribution is 0.0519. The number of anilines is 2. The third-order valence-electron chi connectivity index (χ3n) is 5.89. The van der Waals surface area contributed by atoms with Crippen LogP contribution >= 0.6 is 0 Å². The van der Waals surface area contributed by atoms with Gasteiger partial charge in [-0.2, -0.15) is 4.98 Å². The second-order valence-corrected chi connectivity index (χ2v) is 8.34. The number of amides is 2.